The number of amides is 2. The maximum Gasteiger partial charge on any atom is 0.246 e. The first-order valence-electron chi connectivity index (χ1n) is 6.67. The molecule has 0 bridgehead atoms. The molecular weight excluding hydrogens is 260 g/mol. The monoisotopic (exact) mass is 280 g/mol. The molecule has 0 saturated carbocycles. The van der Waals surface area contributed by atoms with E-state index in [4.69, 9.17) is 0 Å². The van der Waals surface area contributed by atoms with Crippen molar-refractivity contribution in [3.05, 3.63) is 21.9 Å². The van der Waals surface area contributed by atoms with E-state index in [-0.39, 0.29) is 30.3 Å². The third kappa shape index (κ3) is 3.15. The van der Waals surface area contributed by atoms with Crippen LogP contribution in [-0.2, 0) is 22.6 Å². The van der Waals surface area contributed by atoms with Gasteiger partial charge in [0, 0.05) is 9.75 Å². The van der Waals surface area contributed by atoms with Crippen LogP contribution in [0, 0.1) is 5.92 Å². The zero-order valence-electron chi connectivity index (χ0n) is 11.6. The maximum absolute atomic E-state index is 12.3. The fourth-order valence-corrected chi connectivity index (χ4v) is 3.17. The second-order valence-electron chi connectivity index (χ2n) is 5.21. The van der Waals surface area contributed by atoms with Crippen molar-refractivity contribution >= 4 is 23.2 Å². The molecule has 1 aliphatic rings. The molecule has 4 nitrogen and oxygen atoms in total. The molecule has 1 N–H and O–H groups in total. The van der Waals surface area contributed by atoms with Crippen LogP contribution in [0.3, 0.4) is 0 Å². The summed E-state index contributed by atoms with van der Waals surface area (Å²) in [5.74, 6) is 0.0837. The van der Waals surface area contributed by atoms with Crippen LogP contribution in [0.5, 0.6) is 0 Å². The van der Waals surface area contributed by atoms with Gasteiger partial charge in [0.2, 0.25) is 11.8 Å². The van der Waals surface area contributed by atoms with E-state index in [0.29, 0.717) is 6.54 Å². The van der Waals surface area contributed by atoms with Crippen molar-refractivity contribution in [2.24, 2.45) is 5.92 Å². The molecule has 0 aliphatic carbocycles. The first-order chi connectivity index (χ1) is 9.01. The Kier molecular flexibility index (Phi) is 4.24. The molecule has 2 amide bonds. The van der Waals surface area contributed by atoms with Crippen molar-refractivity contribution in [1.82, 2.24) is 10.2 Å². The summed E-state index contributed by atoms with van der Waals surface area (Å²) in [4.78, 5) is 28.1. The minimum Gasteiger partial charge on any atom is -0.343 e. The zero-order chi connectivity index (χ0) is 14.0. The summed E-state index contributed by atoms with van der Waals surface area (Å²) in [5, 5.41) is 2.77. The van der Waals surface area contributed by atoms with Crippen LogP contribution in [0.15, 0.2) is 12.1 Å². The maximum atomic E-state index is 12.3. The standard InChI is InChI=1S/C14H20N2O2S/c1-4-10-5-6-11(19-10)7-16-8-12(17)15-13(9(2)3)14(16)18/h5-6,9,13H,4,7-8H2,1-3H3,(H,15,17). The predicted molar refractivity (Wildman–Crippen MR) is 75.9 cm³/mol. The van der Waals surface area contributed by atoms with Crippen LogP contribution in [-0.4, -0.2) is 29.3 Å². The topological polar surface area (TPSA) is 49.4 Å². The smallest absolute Gasteiger partial charge is 0.246 e. The Labute approximate surface area is 117 Å². The van der Waals surface area contributed by atoms with Gasteiger partial charge in [-0.15, -0.1) is 11.3 Å². The van der Waals surface area contributed by atoms with Gasteiger partial charge in [-0.1, -0.05) is 20.8 Å². The van der Waals surface area contributed by atoms with Gasteiger partial charge < -0.3 is 10.2 Å². The van der Waals surface area contributed by atoms with E-state index in [0.717, 1.165) is 11.3 Å². The minimum absolute atomic E-state index is 0.0287. The molecule has 0 spiro atoms. The molecule has 1 fully saturated rings. The summed E-state index contributed by atoms with van der Waals surface area (Å²) in [6.45, 7) is 6.73. The molecule has 1 atom stereocenters. The zero-order valence-corrected chi connectivity index (χ0v) is 12.4. The lowest BCUT2D eigenvalue weighted by molar-refractivity contribution is -0.146. The Balaban J connectivity index is 2.09. The fourth-order valence-electron chi connectivity index (χ4n) is 2.20. The number of rotatable bonds is 4. The lowest BCUT2D eigenvalue weighted by Crippen LogP contribution is -2.59. The second-order valence-corrected chi connectivity index (χ2v) is 6.46. The quantitative estimate of drug-likeness (QED) is 0.914. The summed E-state index contributed by atoms with van der Waals surface area (Å²) in [5.41, 5.74) is 0. The normalized spacial score (nSPS) is 20.0. The molecule has 2 rings (SSSR count). The van der Waals surface area contributed by atoms with Crippen LogP contribution in [0.2, 0.25) is 0 Å². The largest absolute Gasteiger partial charge is 0.343 e. The Morgan fingerprint density at radius 2 is 2.05 bits per heavy atom. The third-order valence-corrected chi connectivity index (χ3v) is 4.52. The number of thiophene rings is 1. The summed E-state index contributed by atoms with van der Waals surface area (Å²) in [6, 6.07) is 3.76. The van der Waals surface area contributed by atoms with Crippen molar-refractivity contribution < 1.29 is 9.59 Å². The molecule has 104 valence electrons. The average Bonchev–Trinajstić information content (AvgIpc) is 2.80. The molecule has 1 aromatic heterocycles. The molecule has 1 unspecified atom stereocenters. The van der Waals surface area contributed by atoms with Gasteiger partial charge in [-0.3, -0.25) is 9.59 Å². The number of hydrogen-bond acceptors (Lipinski definition) is 3. The van der Waals surface area contributed by atoms with E-state index in [1.807, 2.05) is 19.9 Å². The number of nitrogens with zero attached hydrogens (tertiary/aromatic N) is 1. The predicted octanol–water partition coefficient (Wildman–Crippen LogP) is 1.79. The highest BCUT2D eigenvalue weighted by atomic mass is 32.1. The highest BCUT2D eigenvalue weighted by Crippen LogP contribution is 2.20. The summed E-state index contributed by atoms with van der Waals surface area (Å²) < 4.78 is 0. The summed E-state index contributed by atoms with van der Waals surface area (Å²) in [7, 11) is 0. The molecule has 5 heteroatoms. The molecule has 1 aromatic rings. The fraction of sp³-hybridized carbons (Fsp3) is 0.571. The molecular formula is C14H20N2O2S. The Bertz CT molecular complexity index is 482. The van der Waals surface area contributed by atoms with E-state index < -0.39 is 0 Å². The summed E-state index contributed by atoms with van der Waals surface area (Å²) in [6.07, 6.45) is 1.01. The van der Waals surface area contributed by atoms with Gasteiger partial charge in [-0.2, -0.15) is 0 Å². The summed E-state index contributed by atoms with van der Waals surface area (Å²) >= 11 is 1.71. The Hall–Kier alpha value is -1.36. The van der Waals surface area contributed by atoms with E-state index >= 15 is 0 Å². The van der Waals surface area contributed by atoms with Crippen molar-refractivity contribution in [2.75, 3.05) is 6.54 Å². The average molecular weight is 280 g/mol. The van der Waals surface area contributed by atoms with Crippen molar-refractivity contribution in [3.8, 4) is 0 Å². The lowest BCUT2D eigenvalue weighted by Gasteiger charge is -2.34. The second kappa shape index (κ2) is 5.74. The lowest BCUT2D eigenvalue weighted by atomic mass is 10.0. The van der Waals surface area contributed by atoms with Crippen LogP contribution in [0.4, 0.5) is 0 Å². The van der Waals surface area contributed by atoms with Gasteiger partial charge in [0.1, 0.15) is 6.04 Å². The van der Waals surface area contributed by atoms with E-state index in [1.54, 1.807) is 16.2 Å². The van der Waals surface area contributed by atoms with Gasteiger partial charge in [-0.25, -0.2) is 0 Å². The Morgan fingerprint density at radius 3 is 2.63 bits per heavy atom. The minimum atomic E-state index is -0.383. The highest BCUT2D eigenvalue weighted by molar-refractivity contribution is 7.11. The number of hydrogen-bond donors (Lipinski definition) is 1. The molecule has 0 aromatic carbocycles. The first kappa shape index (κ1) is 14.1. The van der Waals surface area contributed by atoms with Gasteiger partial charge in [0.05, 0.1) is 13.1 Å². The first-order valence-corrected chi connectivity index (χ1v) is 7.48. The third-order valence-electron chi connectivity index (χ3n) is 3.31. The highest BCUT2D eigenvalue weighted by Gasteiger charge is 2.34. The van der Waals surface area contributed by atoms with Gasteiger partial charge in [-0.05, 0) is 24.5 Å². The van der Waals surface area contributed by atoms with Crippen molar-refractivity contribution in [1.29, 1.82) is 0 Å². The molecule has 0 radical (unpaired) electrons. The van der Waals surface area contributed by atoms with Crippen LogP contribution < -0.4 is 5.32 Å². The van der Waals surface area contributed by atoms with Crippen molar-refractivity contribution in [3.63, 3.8) is 0 Å². The molecule has 1 saturated heterocycles. The van der Waals surface area contributed by atoms with Gasteiger partial charge in [0.15, 0.2) is 0 Å². The van der Waals surface area contributed by atoms with Gasteiger partial charge in [0.25, 0.3) is 0 Å². The van der Waals surface area contributed by atoms with Crippen molar-refractivity contribution in [2.45, 2.75) is 39.8 Å². The van der Waals surface area contributed by atoms with Crippen LogP contribution in [0.1, 0.15) is 30.5 Å². The Morgan fingerprint density at radius 1 is 1.37 bits per heavy atom. The SMILES string of the molecule is CCc1ccc(CN2CC(=O)NC(C(C)C)C2=O)s1. The van der Waals surface area contributed by atoms with E-state index in [1.165, 1.54) is 4.88 Å². The molecule has 2 heterocycles. The number of carbonyl (C=O) groups is 2. The number of aryl methyl sites for hydroxylation is 1. The number of nitrogens with one attached hydrogen (secondary N) is 1. The van der Waals surface area contributed by atoms with E-state index in [2.05, 4.69) is 18.3 Å². The number of carbonyl (C=O) groups excluding carboxylic acids is 2. The molecule has 1 aliphatic heterocycles. The van der Waals surface area contributed by atoms with Crippen LogP contribution in [0.25, 0.3) is 0 Å². The molecule has 19 heavy (non-hydrogen) atoms. The number of piperazine rings is 1. The van der Waals surface area contributed by atoms with Gasteiger partial charge >= 0.3 is 0 Å². The van der Waals surface area contributed by atoms with Crippen LogP contribution >= 0.6 is 11.3 Å². The van der Waals surface area contributed by atoms with E-state index in [9.17, 15) is 9.59 Å².